The molecule has 0 aliphatic rings. The van der Waals surface area contributed by atoms with E-state index in [9.17, 15) is 31.1 Å². The van der Waals surface area contributed by atoms with Gasteiger partial charge < -0.3 is 4.85 Å². The molecule has 1 N–H and O–H groups in total. The first-order chi connectivity index (χ1) is 35.4. The highest BCUT2D eigenvalue weighted by Gasteiger charge is 2.26. The van der Waals surface area contributed by atoms with Crippen molar-refractivity contribution in [1.82, 2.24) is 30.6 Å². The summed E-state index contributed by atoms with van der Waals surface area (Å²) in [6.45, 7) is 12.5. The van der Waals surface area contributed by atoms with E-state index in [4.69, 9.17) is 6.57 Å². The lowest BCUT2D eigenvalue weighted by Gasteiger charge is -2.17. The number of H-pyrrole nitrogens is 1. The summed E-state index contributed by atoms with van der Waals surface area (Å²) in [7, 11) is 0. The second-order valence-corrected chi connectivity index (χ2v) is 16.4. The van der Waals surface area contributed by atoms with Crippen LogP contribution in [0.1, 0.15) is 28.3 Å². The van der Waals surface area contributed by atoms with Crippen molar-refractivity contribution in [1.29, 1.82) is 0 Å². The molecule has 0 spiro atoms. The molecular formula is C59H41F6N7O. The zero-order valence-corrected chi connectivity index (χ0v) is 39.3. The average molecular weight is 978 g/mol. The van der Waals surface area contributed by atoms with Crippen LogP contribution in [0.3, 0.4) is 0 Å². The summed E-state index contributed by atoms with van der Waals surface area (Å²) in [6, 6.07) is 48.3. The lowest BCUT2D eigenvalue weighted by atomic mass is 9.90. The summed E-state index contributed by atoms with van der Waals surface area (Å²) in [5.41, 5.74) is 6.29. The monoisotopic (exact) mass is 977 g/mol. The first-order valence-electron chi connectivity index (χ1n) is 22.6. The van der Waals surface area contributed by atoms with Gasteiger partial charge in [0.1, 0.15) is 34.9 Å². The fraction of sp³-hybridized carbons (Fsp3) is 0.0678. The summed E-state index contributed by atoms with van der Waals surface area (Å²) in [5, 5.41) is 22.6. The third kappa shape index (κ3) is 10.9. The standard InChI is InChI=1S/C24H18F2N2.C18H11F2N3.C17H12F2N2O/c1-16-22(18-11-6-3-7-12-18)24(23-19(25)13-8-14-20(23)26)21(28-27-16)15-17-9-4-2-5-10-17;1-11-15(12-7-4-3-5-8-12)17(18(21-2)23-22-11)16-13(19)9-6-10-14(16)20;1-10-14(11-6-3-2-4-7-11)16(17(22)21-20-10)15-12(18)8-5-9-13(15)19/h2-14H,15H2,1H3;3-10H,1H3;2-9H,1H3,(H,21,22). The van der Waals surface area contributed by atoms with Gasteiger partial charge in [-0.3, -0.25) is 4.79 Å². The normalized spacial score (nSPS) is 10.6. The predicted molar refractivity (Wildman–Crippen MR) is 271 cm³/mol. The summed E-state index contributed by atoms with van der Waals surface area (Å²) in [4.78, 5) is 15.5. The molecule has 0 atom stereocenters. The Morgan fingerprint density at radius 1 is 0.397 bits per heavy atom. The molecular weight excluding hydrogens is 937 g/mol. The zero-order valence-electron chi connectivity index (χ0n) is 39.3. The van der Waals surface area contributed by atoms with E-state index in [-0.39, 0.29) is 33.6 Å². The van der Waals surface area contributed by atoms with Gasteiger partial charge in [0.2, 0.25) is 0 Å². The Kier molecular flexibility index (Phi) is 15.5. The summed E-state index contributed by atoms with van der Waals surface area (Å²) < 4.78 is 86.4. The smallest absolute Gasteiger partial charge is 0.304 e. The number of rotatable bonds is 8. The number of halogens is 6. The van der Waals surface area contributed by atoms with Gasteiger partial charge in [-0.2, -0.15) is 15.3 Å². The van der Waals surface area contributed by atoms with Gasteiger partial charge in [-0.25, -0.2) is 31.4 Å². The molecule has 10 rings (SSSR count). The molecule has 360 valence electrons. The van der Waals surface area contributed by atoms with E-state index in [2.05, 4.69) is 35.4 Å². The van der Waals surface area contributed by atoms with Gasteiger partial charge in [-0.05, 0) is 84.5 Å². The van der Waals surface area contributed by atoms with Crippen molar-refractivity contribution in [2.24, 2.45) is 0 Å². The average Bonchev–Trinajstić information content (AvgIpc) is 3.39. The maximum Gasteiger partial charge on any atom is 0.304 e. The number of aromatic amines is 1. The minimum Gasteiger partial charge on any atom is -0.358 e. The fourth-order valence-corrected chi connectivity index (χ4v) is 8.44. The third-order valence-electron chi connectivity index (χ3n) is 11.7. The predicted octanol–water partition coefficient (Wildman–Crippen LogP) is 14.6. The topological polar surface area (TPSA) is 102 Å². The SMILES string of the molecule is Cc1n[nH]c(=O)c(-c2c(F)cccc2F)c1-c1ccccc1.Cc1nnc(Cc2ccccc2)c(-c2c(F)cccc2F)c1-c1ccccc1.[C-]#[N+]c1nnc(C)c(-c2ccccc2)c1-c1c(F)cccc1F. The first kappa shape index (κ1) is 50.1. The van der Waals surface area contributed by atoms with Crippen molar-refractivity contribution in [2.75, 3.05) is 0 Å². The van der Waals surface area contributed by atoms with E-state index in [1.165, 1.54) is 30.3 Å². The highest BCUT2D eigenvalue weighted by atomic mass is 19.2. The summed E-state index contributed by atoms with van der Waals surface area (Å²) in [6.07, 6.45) is 0.428. The molecule has 0 amide bonds. The van der Waals surface area contributed by atoms with Crippen molar-refractivity contribution < 1.29 is 26.3 Å². The Balaban J connectivity index is 0.000000148. The van der Waals surface area contributed by atoms with Gasteiger partial charge in [-0.1, -0.05) is 151 Å². The molecule has 3 aromatic heterocycles. The summed E-state index contributed by atoms with van der Waals surface area (Å²) in [5.74, 6) is -4.39. The van der Waals surface area contributed by atoms with Crippen LogP contribution in [0.5, 0.6) is 0 Å². The Hall–Kier alpha value is -9.35. The van der Waals surface area contributed by atoms with Gasteiger partial charge in [-0.15, -0.1) is 0 Å². The van der Waals surface area contributed by atoms with Crippen LogP contribution in [0.4, 0.5) is 32.2 Å². The van der Waals surface area contributed by atoms with Gasteiger partial charge in [0.15, 0.2) is 0 Å². The van der Waals surface area contributed by atoms with E-state index >= 15 is 0 Å². The van der Waals surface area contributed by atoms with Gasteiger partial charge in [0.25, 0.3) is 5.56 Å². The molecule has 8 nitrogen and oxygen atoms in total. The van der Waals surface area contributed by atoms with Crippen LogP contribution >= 0.6 is 0 Å². The molecule has 10 aromatic rings. The van der Waals surface area contributed by atoms with Crippen LogP contribution in [0.2, 0.25) is 0 Å². The fourth-order valence-electron chi connectivity index (χ4n) is 8.44. The molecule has 3 heterocycles. The van der Waals surface area contributed by atoms with E-state index < -0.39 is 40.5 Å². The largest absolute Gasteiger partial charge is 0.358 e. The Bertz CT molecular complexity index is 3630. The highest BCUT2D eigenvalue weighted by molar-refractivity contribution is 5.92. The molecule has 0 saturated heterocycles. The van der Waals surface area contributed by atoms with Gasteiger partial charge in [0, 0.05) is 39.8 Å². The van der Waals surface area contributed by atoms with Crippen LogP contribution in [-0.2, 0) is 6.42 Å². The Morgan fingerprint density at radius 2 is 0.753 bits per heavy atom. The third-order valence-corrected chi connectivity index (χ3v) is 11.7. The molecule has 0 saturated carbocycles. The number of nitrogens with zero attached hydrogens (tertiary/aromatic N) is 6. The van der Waals surface area contributed by atoms with Crippen LogP contribution < -0.4 is 5.56 Å². The second kappa shape index (κ2) is 22.6. The molecule has 0 aliphatic heterocycles. The van der Waals surface area contributed by atoms with Crippen LogP contribution in [-0.4, -0.2) is 30.6 Å². The van der Waals surface area contributed by atoms with E-state index in [1.807, 2.05) is 91.9 Å². The molecule has 0 fully saturated rings. The van der Waals surface area contributed by atoms with E-state index in [1.54, 1.807) is 50.2 Å². The zero-order chi connectivity index (χ0) is 51.6. The molecule has 0 aliphatic carbocycles. The lowest BCUT2D eigenvalue weighted by Crippen LogP contribution is -2.15. The van der Waals surface area contributed by atoms with Crippen LogP contribution in [0.15, 0.2) is 181 Å². The molecule has 0 radical (unpaired) electrons. The number of nitrogens with one attached hydrogen (secondary N) is 1. The van der Waals surface area contributed by atoms with E-state index in [0.29, 0.717) is 57.0 Å². The van der Waals surface area contributed by atoms with Crippen molar-refractivity contribution in [3.8, 4) is 66.8 Å². The van der Waals surface area contributed by atoms with Crippen LogP contribution in [0.25, 0.3) is 71.6 Å². The van der Waals surface area contributed by atoms with Crippen molar-refractivity contribution in [2.45, 2.75) is 27.2 Å². The molecule has 0 bridgehead atoms. The molecule has 73 heavy (non-hydrogen) atoms. The maximum absolute atomic E-state index is 14.8. The summed E-state index contributed by atoms with van der Waals surface area (Å²) >= 11 is 0. The lowest BCUT2D eigenvalue weighted by molar-refractivity contribution is 0.588. The molecule has 7 aromatic carbocycles. The molecule has 14 heteroatoms. The number of benzene rings is 7. The Morgan fingerprint density at radius 3 is 1.18 bits per heavy atom. The van der Waals surface area contributed by atoms with Crippen molar-refractivity contribution in [3.63, 3.8) is 0 Å². The Labute approximate surface area is 416 Å². The van der Waals surface area contributed by atoms with Crippen LogP contribution in [0, 0.1) is 62.2 Å². The van der Waals surface area contributed by atoms with Crippen molar-refractivity contribution >= 4 is 5.82 Å². The van der Waals surface area contributed by atoms with Crippen molar-refractivity contribution in [3.05, 3.63) is 261 Å². The number of hydrogen-bond donors (Lipinski definition) is 1. The maximum atomic E-state index is 14.8. The molecule has 0 unspecified atom stereocenters. The van der Waals surface area contributed by atoms with Gasteiger partial charge in [0.05, 0.1) is 39.5 Å². The number of hydrogen-bond acceptors (Lipinski definition) is 6. The number of aryl methyl sites for hydroxylation is 3. The quantitative estimate of drug-likeness (QED) is 0.120. The minimum absolute atomic E-state index is 0.0469. The first-order valence-corrected chi connectivity index (χ1v) is 22.6. The van der Waals surface area contributed by atoms with Gasteiger partial charge >= 0.3 is 5.82 Å². The van der Waals surface area contributed by atoms with E-state index in [0.717, 1.165) is 41.0 Å². The minimum atomic E-state index is -0.784. The second-order valence-electron chi connectivity index (χ2n) is 16.4. The number of aromatic nitrogens is 6. The highest BCUT2D eigenvalue weighted by Crippen LogP contribution is 2.42.